The highest BCUT2D eigenvalue weighted by atomic mass is 16.3. The number of nitrogens with zero attached hydrogens (tertiary/aromatic N) is 2. The standard InChI is InChI=1S/C14H22N2O/c1-2-6-14(17)16-11-9-15(10-12-16)13-7-4-3-5-8-13/h3-5,7-8,14,17H,2,6,9-12H2,1H3. The van der Waals surface area contributed by atoms with E-state index in [0.29, 0.717) is 0 Å². The molecule has 1 atom stereocenters. The molecule has 0 aliphatic carbocycles. The van der Waals surface area contributed by atoms with Crippen molar-refractivity contribution >= 4 is 5.69 Å². The van der Waals surface area contributed by atoms with Crippen LogP contribution in [0.2, 0.25) is 0 Å². The van der Waals surface area contributed by atoms with E-state index in [2.05, 4.69) is 41.0 Å². The lowest BCUT2D eigenvalue weighted by molar-refractivity contribution is -0.00586. The van der Waals surface area contributed by atoms with Gasteiger partial charge in [0.2, 0.25) is 0 Å². The van der Waals surface area contributed by atoms with Crippen LogP contribution in [-0.4, -0.2) is 42.4 Å². The minimum Gasteiger partial charge on any atom is -0.378 e. The van der Waals surface area contributed by atoms with Gasteiger partial charge in [-0.3, -0.25) is 4.90 Å². The van der Waals surface area contributed by atoms with Crippen molar-refractivity contribution in [3.8, 4) is 0 Å². The first-order valence-corrected chi connectivity index (χ1v) is 6.53. The number of aliphatic hydroxyl groups excluding tert-OH is 1. The lowest BCUT2D eigenvalue weighted by Gasteiger charge is -2.38. The molecule has 1 aromatic carbocycles. The maximum absolute atomic E-state index is 9.94. The number of hydrogen-bond donors (Lipinski definition) is 1. The second-order valence-corrected chi connectivity index (χ2v) is 4.63. The number of aliphatic hydroxyl groups is 1. The third-order valence-electron chi connectivity index (χ3n) is 3.40. The Bertz CT molecular complexity index is 320. The van der Waals surface area contributed by atoms with Crippen molar-refractivity contribution in [3.05, 3.63) is 30.3 Å². The van der Waals surface area contributed by atoms with Gasteiger partial charge in [0, 0.05) is 31.9 Å². The lowest BCUT2D eigenvalue weighted by atomic mass is 10.2. The minimum absolute atomic E-state index is 0.252. The summed E-state index contributed by atoms with van der Waals surface area (Å²) in [5.74, 6) is 0. The first kappa shape index (κ1) is 12.4. The fourth-order valence-electron chi connectivity index (χ4n) is 2.36. The van der Waals surface area contributed by atoms with Crippen molar-refractivity contribution in [3.63, 3.8) is 0 Å². The number of rotatable bonds is 4. The Labute approximate surface area is 104 Å². The molecule has 1 heterocycles. The summed E-state index contributed by atoms with van der Waals surface area (Å²) in [5, 5.41) is 9.94. The van der Waals surface area contributed by atoms with E-state index in [1.54, 1.807) is 0 Å². The average molecular weight is 234 g/mol. The molecule has 0 bridgehead atoms. The maximum atomic E-state index is 9.94. The molecule has 17 heavy (non-hydrogen) atoms. The molecule has 3 heteroatoms. The van der Waals surface area contributed by atoms with E-state index in [1.165, 1.54) is 5.69 Å². The van der Waals surface area contributed by atoms with E-state index in [-0.39, 0.29) is 6.23 Å². The molecule has 0 amide bonds. The Kier molecular flexibility index (Phi) is 4.40. The summed E-state index contributed by atoms with van der Waals surface area (Å²) in [4.78, 5) is 4.57. The summed E-state index contributed by atoms with van der Waals surface area (Å²) in [7, 11) is 0. The summed E-state index contributed by atoms with van der Waals surface area (Å²) in [6, 6.07) is 10.5. The lowest BCUT2D eigenvalue weighted by Crippen LogP contribution is -2.50. The van der Waals surface area contributed by atoms with E-state index in [9.17, 15) is 5.11 Å². The Morgan fingerprint density at radius 2 is 1.76 bits per heavy atom. The van der Waals surface area contributed by atoms with E-state index in [0.717, 1.165) is 39.0 Å². The largest absolute Gasteiger partial charge is 0.378 e. The molecule has 1 aliphatic rings. The summed E-state index contributed by atoms with van der Waals surface area (Å²) in [5.41, 5.74) is 1.29. The Morgan fingerprint density at radius 3 is 2.35 bits per heavy atom. The Hall–Kier alpha value is -1.06. The van der Waals surface area contributed by atoms with Crippen LogP contribution < -0.4 is 4.90 Å². The number of para-hydroxylation sites is 1. The van der Waals surface area contributed by atoms with Gasteiger partial charge in [-0.25, -0.2) is 0 Å². The van der Waals surface area contributed by atoms with Crippen molar-refractivity contribution in [2.75, 3.05) is 31.1 Å². The zero-order valence-electron chi connectivity index (χ0n) is 10.5. The molecule has 94 valence electrons. The first-order chi connectivity index (χ1) is 8.31. The molecule has 1 fully saturated rings. The van der Waals surface area contributed by atoms with Gasteiger partial charge in [-0.2, -0.15) is 0 Å². The van der Waals surface area contributed by atoms with Crippen LogP contribution in [0.1, 0.15) is 19.8 Å². The van der Waals surface area contributed by atoms with Gasteiger partial charge in [-0.1, -0.05) is 31.5 Å². The molecular weight excluding hydrogens is 212 g/mol. The van der Waals surface area contributed by atoms with Crippen molar-refractivity contribution < 1.29 is 5.11 Å². The average Bonchev–Trinajstić information content (AvgIpc) is 2.40. The van der Waals surface area contributed by atoms with Gasteiger partial charge in [0.1, 0.15) is 6.23 Å². The highest BCUT2D eigenvalue weighted by Gasteiger charge is 2.21. The number of hydrogen-bond acceptors (Lipinski definition) is 3. The summed E-state index contributed by atoms with van der Waals surface area (Å²) < 4.78 is 0. The molecule has 1 unspecified atom stereocenters. The summed E-state index contributed by atoms with van der Waals surface area (Å²) >= 11 is 0. The molecule has 1 saturated heterocycles. The van der Waals surface area contributed by atoms with Crippen LogP contribution in [0.5, 0.6) is 0 Å². The van der Waals surface area contributed by atoms with Crippen molar-refractivity contribution in [2.24, 2.45) is 0 Å². The normalized spacial score (nSPS) is 19.3. The van der Waals surface area contributed by atoms with E-state index < -0.39 is 0 Å². The molecule has 1 aromatic rings. The zero-order valence-corrected chi connectivity index (χ0v) is 10.5. The highest BCUT2D eigenvalue weighted by Crippen LogP contribution is 2.16. The Balaban J connectivity index is 1.86. The van der Waals surface area contributed by atoms with Crippen LogP contribution in [0.4, 0.5) is 5.69 Å². The van der Waals surface area contributed by atoms with Crippen molar-refractivity contribution in [1.29, 1.82) is 0 Å². The van der Waals surface area contributed by atoms with Crippen LogP contribution >= 0.6 is 0 Å². The van der Waals surface area contributed by atoms with Gasteiger partial charge in [0.15, 0.2) is 0 Å². The van der Waals surface area contributed by atoms with Gasteiger partial charge >= 0.3 is 0 Å². The predicted octanol–water partition coefficient (Wildman–Crippen LogP) is 1.93. The van der Waals surface area contributed by atoms with Gasteiger partial charge in [-0.05, 0) is 18.6 Å². The van der Waals surface area contributed by atoms with Crippen molar-refractivity contribution in [2.45, 2.75) is 26.0 Å². The van der Waals surface area contributed by atoms with Gasteiger partial charge < -0.3 is 10.0 Å². The number of benzene rings is 1. The molecule has 0 aromatic heterocycles. The van der Waals surface area contributed by atoms with E-state index in [1.807, 2.05) is 6.07 Å². The smallest absolute Gasteiger partial charge is 0.107 e. The molecule has 0 radical (unpaired) electrons. The zero-order chi connectivity index (χ0) is 12.1. The molecular formula is C14H22N2O. The summed E-state index contributed by atoms with van der Waals surface area (Å²) in [6.45, 7) is 6.03. The first-order valence-electron chi connectivity index (χ1n) is 6.53. The van der Waals surface area contributed by atoms with E-state index >= 15 is 0 Å². The maximum Gasteiger partial charge on any atom is 0.107 e. The number of anilines is 1. The van der Waals surface area contributed by atoms with Crippen LogP contribution in [0, 0.1) is 0 Å². The fourth-order valence-corrected chi connectivity index (χ4v) is 2.36. The van der Waals surface area contributed by atoms with Gasteiger partial charge in [-0.15, -0.1) is 0 Å². The second kappa shape index (κ2) is 6.03. The van der Waals surface area contributed by atoms with Crippen LogP contribution in [-0.2, 0) is 0 Å². The molecule has 2 rings (SSSR count). The minimum atomic E-state index is -0.252. The fraction of sp³-hybridized carbons (Fsp3) is 0.571. The quantitative estimate of drug-likeness (QED) is 0.862. The van der Waals surface area contributed by atoms with Crippen LogP contribution in [0.25, 0.3) is 0 Å². The van der Waals surface area contributed by atoms with Gasteiger partial charge in [0.25, 0.3) is 0 Å². The highest BCUT2D eigenvalue weighted by molar-refractivity contribution is 5.46. The summed E-state index contributed by atoms with van der Waals surface area (Å²) in [6.07, 6.45) is 1.67. The van der Waals surface area contributed by atoms with Gasteiger partial charge in [0.05, 0.1) is 0 Å². The van der Waals surface area contributed by atoms with Crippen LogP contribution in [0.15, 0.2) is 30.3 Å². The second-order valence-electron chi connectivity index (χ2n) is 4.63. The molecule has 0 spiro atoms. The molecule has 3 nitrogen and oxygen atoms in total. The number of piperazine rings is 1. The third kappa shape index (κ3) is 3.20. The monoisotopic (exact) mass is 234 g/mol. The van der Waals surface area contributed by atoms with E-state index in [4.69, 9.17) is 0 Å². The Morgan fingerprint density at radius 1 is 1.12 bits per heavy atom. The molecule has 0 saturated carbocycles. The molecule has 1 aliphatic heterocycles. The van der Waals surface area contributed by atoms with Crippen molar-refractivity contribution in [1.82, 2.24) is 4.90 Å². The third-order valence-corrected chi connectivity index (χ3v) is 3.40. The predicted molar refractivity (Wildman–Crippen MR) is 71.1 cm³/mol. The SMILES string of the molecule is CCCC(O)N1CCN(c2ccccc2)CC1. The van der Waals surface area contributed by atoms with Crippen LogP contribution in [0.3, 0.4) is 0 Å². The molecule has 1 N–H and O–H groups in total. The topological polar surface area (TPSA) is 26.7 Å².